The molecule has 0 aliphatic heterocycles. The fourth-order valence-corrected chi connectivity index (χ4v) is 2.19. The number of nitrogens with zero attached hydrogens (tertiary/aromatic N) is 1. The third-order valence-corrected chi connectivity index (χ3v) is 3.29. The number of aliphatic hydroxyl groups excluding tert-OH is 1. The summed E-state index contributed by atoms with van der Waals surface area (Å²) in [6.07, 6.45) is 1.07. The molecule has 0 fully saturated rings. The summed E-state index contributed by atoms with van der Waals surface area (Å²) in [6, 6.07) is 9.71. The van der Waals surface area contributed by atoms with Crippen LogP contribution in [0.3, 0.4) is 0 Å². The summed E-state index contributed by atoms with van der Waals surface area (Å²) >= 11 is 0. The van der Waals surface area contributed by atoms with Gasteiger partial charge < -0.3 is 9.84 Å². The Hall–Kier alpha value is -1.87. The minimum absolute atomic E-state index is 0.510. The molecule has 2 rings (SSSR count). The zero-order valence-electron chi connectivity index (χ0n) is 12.4. The Morgan fingerprint density at radius 1 is 1.05 bits per heavy atom. The van der Waals surface area contributed by atoms with Gasteiger partial charge in [-0.05, 0) is 55.2 Å². The van der Waals surface area contributed by atoms with Crippen LogP contribution in [0.4, 0.5) is 0 Å². The van der Waals surface area contributed by atoms with Crippen LogP contribution in [-0.2, 0) is 0 Å². The van der Waals surface area contributed by atoms with Gasteiger partial charge in [0.1, 0.15) is 11.5 Å². The molecule has 20 heavy (non-hydrogen) atoms. The Balaban J connectivity index is 2.15. The summed E-state index contributed by atoms with van der Waals surface area (Å²) in [7, 11) is 0. The predicted molar refractivity (Wildman–Crippen MR) is 80.2 cm³/mol. The SMILES string of the molecule is Cc1cc(Oc2ccc([C@H](C)O)nc2)ccc1C(C)C. The first-order chi connectivity index (χ1) is 9.47. The van der Waals surface area contributed by atoms with E-state index >= 15 is 0 Å². The van der Waals surface area contributed by atoms with Crippen LogP contribution < -0.4 is 4.74 Å². The molecule has 3 heteroatoms. The lowest BCUT2D eigenvalue weighted by atomic mass is 9.98. The average Bonchev–Trinajstić information content (AvgIpc) is 2.39. The minimum atomic E-state index is -0.559. The van der Waals surface area contributed by atoms with Crippen molar-refractivity contribution < 1.29 is 9.84 Å². The zero-order chi connectivity index (χ0) is 14.7. The first-order valence-electron chi connectivity index (χ1n) is 6.90. The Morgan fingerprint density at radius 2 is 1.75 bits per heavy atom. The van der Waals surface area contributed by atoms with Crippen LogP contribution >= 0.6 is 0 Å². The van der Waals surface area contributed by atoms with Crippen molar-refractivity contribution in [2.45, 2.75) is 39.7 Å². The van der Waals surface area contributed by atoms with Crippen LogP contribution in [0.5, 0.6) is 11.5 Å². The van der Waals surface area contributed by atoms with Crippen molar-refractivity contribution >= 4 is 0 Å². The first-order valence-corrected chi connectivity index (χ1v) is 6.90. The highest BCUT2D eigenvalue weighted by atomic mass is 16.5. The molecule has 1 N–H and O–H groups in total. The molecule has 0 radical (unpaired) electrons. The lowest BCUT2D eigenvalue weighted by molar-refractivity contribution is 0.194. The quantitative estimate of drug-likeness (QED) is 0.898. The molecular formula is C17H21NO2. The molecule has 1 atom stereocenters. The van der Waals surface area contributed by atoms with Gasteiger partial charge in [0.15, 0.2) is 0 Å². The number of pyridine rings is 1. The second kappa shape index (κ2) is 6.06. The monoisotopic (exact) mass is 271 g/mol. The number of aryl methyl sites for hydroxylation is 1. The van der Waals surface area contributed by atoms with Crippen LogP contribution in [0, 0.1) is 6.92 Å². The number of benzene rings is 1. The van der Waals surface area contributed by atoms with Crippen LogP contribution in [-0.4, -0.2) is 10.1 Å². The Kier molecular flexibility index (Phi) is 4.40. The van der Waals surface area contributed by atoms with Crippen molar-refractivity contribution in [3.8, 4) is 11.5 Å². The van der Waals surface area contributed by atoms with E-state index in [1.807, 2.05) is 18.2 Å². The number of ether oxygens (including phenoxy) is 1. The predicted octanol–water partition coefficient (Wildman–Crippen LogP) is 4.36. The van der Waals surface area contributed by atoms with E-state index in [-0.39, 0.29) is 0 Å². The van der Waals surface area contributed by atoms with Crippen molar-refractivity contribution in [2.24, 2.45) is 0 Å². The highest BCUT2D eigenvalue weighted by molar-refractivity contribution is 5.38. The molecule has 0 bridgehead atoms. The van der Waals surface area contributed by atoms with E-state index in [0.29, 0.717) is 17.4 Å². The maximum absolute atomic E-state index is 9.42. The summed E-state index contributed by atoms with van der Waals surface area (Å²) < 4.78 is 5.78. The smallest absolute Gasteiger partial charge is 0.145 e. The van der Waals surface area contributed by atoms with E-state index in [0.717, 1.165) is 5.75 Å². The second-order valence-electron chi connectivity index (χ2n) is 5.37. The first kappa shape index (κ1) is 14.5. The Labute approximate surface area is 120 Å². The lowest BCUT2D eigenvalue weighted by Crippen LogP contribution is -1.96. The molecule has 0 saturated heterocycles. The van der Waals surface area contributed by atoms with Gasteiger partial charge in [-0.25, -0.2) is 0 Å². The fraction of sp³-hybridized carbons (Fsp3) is 0.353. The topological polar surface area (TPSA) is 42.4 Å². The van der Waals surface area contributed by atoms with Gasteiger partial charge in [0.2, 0.25) is 0 Å². The number of aromatic nitrogens is 1. The van der Waals surface area contributed by atoms with E-state index in [9.17, 15) is 5.11 Å². The van der Waals surface area contributed by atoms with Crippen molar-refractivity contribution in [3.63, 3.8) is 0 Å². The second-order valence-corrected chi connectivity index (χ2v) is 5.37. The van der Waals surface area contributed by atoms with Gasteiger partial charge >= 0.3 is 0 Å². The molecule has 3 nitrogen and oxygen atoms in total. The van der Waals surface area contributed by atoms with Crippen LogP contribution in [0.15, 0.2) is 36.5 Å². The van der Waals surface area contributed by atoms with Gasteiger partial charge in [-0.2, -0.15) is 0 Å². The highest BCUT2D eigenvalue weighted by Crippen LogP contribution is 2.27. The molecule has 0 aliphatic carbocycles. The standard InChI is InChI=1S/C17H21NO2/c1-11(2)16-7-5-14(9-12(16)3)20-15-6-8-17(13(4)19)18-10-15/h5-11,13,19H,1-4H3/t13-/m0/s1. The van der Waals surface area contributed by atoms with Crippen molar-refractivity contribution in [1.82, 2.24) is 4.98 Å². The number of rotatable bonds is 4. The fourth-order valence-electron chi connectivity index (χ4n) is 2.19. The minimum Gasteiger partial charge on any atom is -0.456 e. The third kappa shape index (κ3) is 3.36. The van der Waals surface area contributed by atoms with Crippen molar-refractivity contribution in [1.29, 1.82) is 0 Å². The maximum Gasteiger partial charge on any atom is 0.145 e. The molecule has 1 aromatic heterocycles. The highest BCUT2D eigenvalue weighted by Gasteiger charge is 2.06. The molecular weight excluding hydrogens is 250 g/mol. The van der Waals surface area contributed by atoms with E-state index < -0.39 is 6.10 Å². The molecule has 1 heterocycles. The van der Waals surface area contributed by atoms with Crippen molar-refractivity contribution in [3.05, 3.63) is 53.3 Å². The van der Waals surface area contributed by atoms with Crippen LogP contribution in [0.1, 0.15) is 49.6 Å². The molecule has 0 aliphatic rings. The normalized spacial score (nSPS) is 12.5. The summed E-state index contributed by atoms with van der Waals surface area (Å²) in [5.74, 6) is 1.99. The largest absolute Gasteiger partial charge is 0.456 e. The van der Waals surface area contributed by atoms with E-state index in [4.69, 9.17) is 4.74 Å². The molecule has 106 valence electrons. The summed E-state index contributed by atoms with van der Waals surface area (Å²) in [5, 5.41) is 9.42. The lowest BCUT2D eigenvalue weighted by Gasteiger charge is -2.12. The third-order valence-electron chi connectivity index (χ3n) is 3.29. The number of hydrogen-bond donors (Lipinski definition) is 1. The van der Waals surface area contributed by atoms with Gasteiger partial charge in [-0.3, -0.25) is 4.98 Å². The number of hydrogen-bond acceptors (Lipinski definition) is 3. The average molecular weight is 271 g/mol. The van der Waals surface area contributed by atoms with E-state index in [1.165, 1.54) is 11.1 Å². The summed E-state index contributed by atoms with van der Waals surface area (Å²) in [6.45, 7) is 8.15. The summed E-state index contributed by atoms with van der Waals surface area (Å²) in [4.78, 5) is 4.17. The molecule has 0 saturated carbocycles. The zero-order valence-corrected chi connectivity index (χ0v) is 12.4. The molecule has 0 spiro atoms. The molecule has 0 unspecified atom stereocenters. The van der Waals surface area contributed by atoms with Crippen LogP contribution in [0.25, 0.3) is 0 Å². The van der Waals surface area contributed by atoms with E-state index in [2.05, 4.69) is 31.8 Å². The molecule has 0 amide bonds. The van der Waals surface area contributed by atoms with Gasteiger partial charge in [0.25, 0.3) is 0 Å². The maximum atomic E-state index is 9.42. The summed E-state index contributed by atoms with van der Waals surface area (Å²) in [5.41, 5.74) is 3.20. The number of aliphatic hydroxyl groups is 1. The van der Waals surface area contributed by atoms with Gasteiger partial charge in [0, 0.05) is 0 Å². The molecule has 2 aromatic rings. The molecule has 1 aromatic carbocycles. The van der Waals surface area contributed by atoms with Gasteiger partial charge in [-0.15, -0.1) is 0 Å². The Morgan fingerprint density at radius 3 is 2.25 bits per heavy atom. The van der Waals surface area contributed by atoms with Gasteiger partial charge in [0.05, 0.1) is 18.0 Å². The van der Waals surface area contributed by atoms with E-state index in [1.54, 1.807) is 19.2 Å². The van der Waals surface area contributed by atoms with Crippen molar-refractivity contribution in [2.75, 3.05) is 0 Å². The van der Waals surface area contributed by atoms with Gasteiger partial charge in [-0.1, -0.05) is 19.9 Å². The van der Waals surface area contributed by atoms with Crippen LogP contribution in [0.2, 0.25) is 0 Å². The Bertz CT molecular complexity index is 574.